The second kappa shape index (κ2) is 8.52. The summed E-state index contributed by atoms with van der Waals surface area (Å²) in [7, 11) is 1.77. The van der Waals surface area contributed by atoms with Crippen LogP contribution in [0.25, 0.3) is 0 Å². The van der Waals surface area contributed by atoms with Gasteiger partial charge in [0.15, 0.2) is 0 Å². The van der Waals surface area contributed by atoms with Crippen LogP contribution in [0.3, 0.4) is 0 Å². The third-order valence-electron chi connectivity index (χ3n) is 8.02. The Morgan fingerprint density at radius 2 is 1.69 bits per heavy atom. The minimum atomic E-state index is -0.855. The van der Waals surface area contributed by atoms with Crippen LogP contribution in [0.2, 0.25) is 0 Å². The first-order valence-electron chi connectivity index (χ1n) is 12.3. The summed E-state index contributed by atoms with van der Waals surface area (Å²) in [6, 6.07) is 5.22. The third-order valence-corrected chi connectivity index (χ3v) is 9.82. The first-order valence-corrected chi connectivity index (χ1v) is 13.1. The molecular formula is C27H33N3O4S. The second-order valence-corrected chi connectivity index (χ2v) is 12.1. The number of likely N-dealkylation sites (N-methyl/N-ethyl adjacent to an activating group) is 1. The maximum absolute atomic E-state index is 14.4. The highest BCUT2D eigenvalue weighted by Crippen LogP contribution is 2.65. The fraction of sp³-hybridized carbons (Fsp3) is 0.519. The molecule has 0 aromatic heterocycles. The number of nitrogens with zero attached hydrogens (tertiary/aromatic N) is 3. The summed E-state index contributed by atoms with van der Waals surface area (Å²) in [5.41, 5.74) is 2.87. The predicted molar refractivity (Wildman–Crippen MR) is 137 cm³/mol. The average Bonchev–Trinajstić information content (AvgIpc) is 3.08. The van der Waals surface area contributed by atoms with Crippen molar-refractivity contribution in [3.63, 3.8) is 0 Å². The van der Waals surface area contributed by atoms with Crippen molar-refractivity contribution >= 4 is 35.2 Å². The van der Waals surface area contributed by atoms with Crippen LogP contribution in [0, 0.1) is 25.7 Å². The lowest BCUT2D eigenvalue weighted by molar-refractivity contribution is -0.143. The number of anilines is 1. The van der Waals surface area contributed by atoms with E-state index in [-0.39, 0.29) is 30.9 Å². The summed E-state index contributed by atoms with van der Waals surface area (Å²) < 4.78 is -1.45. The highest BCUT2D eigenvalue weighted by atomic mass is 32.2. The van der Waals surface area contributed by atoms with Crippen molar-refractivity contribution < 1.29 is 19.5 Å². The molecule has 5 rings (SSSR count). The van der Waals surface area contributed by atoms with E-state index in [1.54, 1.807) is 33.5 Å². The number of carbonyl (C=O) groups is 3. The summed E-state index contributed by atoms with van der Waals surface area (Å²) in [5.74, 6) is -1.55. The van der Waals surface area contributed by atoms with E-state index in [0.29, 0.717) is 19.5 Å². The van der Waals surface area contributed by atoms with Gasteiger partial charge in [-0.05, 0) is 38.3 Å². The molecule has 4 aliphatic rings. The van der Waals surface area contributed by atoms with Gasteiger partial charge in [-0.1, -0.05) is 42.5 Å². The van der Waals surface area contributed by atoms with Crippen LogP contribution in [0.15, 0.2) is 42.5 Å². The topological polar surface area (TPSA) is 81.2 Å². The SMILES string of the molecule is Cc1cccc(C)c1N1CC=C[C@]23S[C@]4(C)C=CCN(C)C(=O)[C@@H]4[C@H]2C(=O)N(CCCO)C3C1=O. The Morgan fingerprint density at radius 3 is 2.37 bits per heavy atom. The number of thioether (sulfide) groups is 1. The quantitative estimate of drug-likeness (QED) is 0.649. The lowest BCUT2D eigenvalue weighted by atomic mass is 9.74. The zero-order valence-electron chi connectivity index (χ0n) is 20.7. The Bertz CT molecular complexity index is 1130. The molecule has 0 saturated carbocycles. The van der Waals surface area contributed by atoms with E-state index in [9.17, 15) is 19.5 Å². The van der Waals surface area contributed by atoms with Gasteiger partial charge >= 0.3 is 0 Å². The molecule has 35 heavy (non-hydrogen) atoms. The number of aliphatic hydroxyl groups excluding tert-OH is 1. The van der Waals surface area contributed by atoms with E-state index in [1.807, 2.05) is 57.2 Å². The first-order chi connectivity index (χ1) is 16.7. The first kappa shape index (κ1) is 24.1. The molecule has 1 spiro atoms. The largest absolute Gasteiger partial charge is 0.396 e. The summed E-state index contributed by atoms with van der Waals surface area (Å²) in [6.07, 6.45) is 8.48. The Morgan fingerprint density at radius 1 is 1.00 bits per heavy atom. The summed E-state index contributed by atoms with van der Waals surface area (Å²) >= 11 is 1.59. The van der Waals surface area contributed by atoms with Crippen molar-refractivity contribution in [2.24, 2.45) is 11.8 Å². The molecule has 1 N–H and O–H groups in total. The summed E-state index contributed by atoms with van der Waals surface area (Å²) in [4.78, 5) is 47.2. The molecule has 2 saturated heterocycles. The number of hydrogen-bond acceptors (Lipinski definition) is 5. The Hall–Kier alpha value is -2.58. The molecule has 1 aromatic carbocycles. The van der Waals surface area contributed by atoms with Crippen molar-refractivity contribution in [1.29, 1.82) is 0 Å². The monoisotopic (exact) mass is 495 g/mol. The molecule has 7 nitrogen and oxygen atoms in total. The minimum absolute atomic E-state index is 0.0558. The van der Waals surface area contributed by atoms with Gasteiger partial charge in [-0.25, -0.2) is 0 Å². The number of aryl methyl sites for hydroxylation is 2. The van der Waals surface area contributed by atoms with E-state index in [1.165, 1.54) is 0 Å². The second-order valence-electron chi connectivity index (χ2n) is 10.3. The number of carbonyl (C=O) groups excluding carboxylic acids is 3. The van der Waals surface area contributed by atoms with Crippen LogP contribution >= 0.6 is 11.8 Å². The van der Waals surface area contributed by atoms with Gasteiger partial charge in [-0.2, -0.15) is 0 Å². The lowest BCUT2D eigenvalue weighted by Gasteiger charge is -2.37. The fourth-order valence-corrected chi connectivity index (χ4v) is 8.71. The maximum Gasteiger partial charge on any atom is 0.251 e. The molecule has 0 radical (unpaired) electrons. The number of aliphatic hydroxyl groups is 1. The average molecular weight is 496 g/mol. The van der Waals surface area contributed by atoms with Gasteiger partial charge in [-0.15, -0.1) is 11.8 Å². The minimum Gasteiger partial charge on any atom is -0.396 e. The molecule has 4 heterocycles. The molecule has 5 atom stereocenters. The number of hydrogen-bond donors (Lipinski definition) is 1. The zero-order valence-corrected chi connectivity index (χ0v) is 21.5. The number of benzene rings is 1. The van der Waals surface area contributed by atoms with Crippen molar-refractivity contribution in [2.45, 2.75) is 42.7 Å². The summed E-state index contributed by atoms with van der Waals surface area (Å²) in [5, 5.41) is 9.55. The number of para-hydroxylation sites is 1. The van der Waals surface area contributed by atoms with Gasteiger partial charge in [0.2, 0.25) is 11.8 Å². The van der Waals surface area contributed by atoms with Crippen LogP contribution in [-0.4, -0.2) is 81.5 Å². The van der Waals surface area contributed by atoms with Crippen molar-refractivity contribution in [3.8, 4) is 0 Å². The molecule has 4 aliphatic heterocycles. The molecular weight excluding hydrogens is 462 g/mol. The number of likely N-dealkylation sites (tertiary alicyclic amines) is 1. The van der Waals surface area contributed by atoms with Crippen LogP contribution < -0.4 is 4.90 Å². The zero-order chi connectivity index (χ0) is 25.1. The van der Waals surface area contributed by atoms with Crippen molar-refractivity contribution in [3.05, 3.63) is 53.6 Å². The van der Waals surface area contributed by atoms with Gasteiger partial charge in [0.1, 0.15) is 6.04 Å². The van der Waals surface area contributed by atoms with Gasteiger partial charge in [0.05, 0.1) is 16.6 Å². The van der Waals surface area contributed by atoms with E-state index in [4.69, 9.17) is 0 Å². The third kappa shape index (κ3) is 3.40. The van der Waals surface area contributed by atoms with Gasteiger partial charge in [0.25, 0.3) is 5.91 Å². The maximum atomic E-state index is 14.4. The highest BCUT2D eigenvalue weighted by molar-refractivity contribution is 8.02. The molecule has 1 unspecified atom stereocenters. The smallest absolute Gasteiger partial charge is 0.251 e. The van der Waals surface area contributed by atoms with Gasteiger partial charge in [0, 0.05) is 43.7 Å². The van der Waals surface area contributed by atoms with Crippen LogP contribution in [0.4, 0.5) is 5.69 Å². The highest BCUT2D eigenvalue weighted by Gasteiger charge is 2.73. The fourth-order valence-electron chi connectivity index (χ4n) is 6.56. The van der Waals surface area contributed by atoms with Gasteiger partial charge < -0.3 is 19.8 Å². The molecule has 2 fully saturated rings. The molecule has 0 aliphatic carbocycles. The number of amides is 3. The van der Waals surface area contributed by atoms with Crippen molar-refractivity contribution in [1.82, 2.24) is 9.80 Å². The Labute approximate surface area is 210 Å². The van der Waals surface area contributed by atoms with Crippen LogP contribution in [0.1, 0.15) is 24.5 Å². The van der Waals surface area contributed by atoms with E-state index in [0.717, 1.165) is 16.8 Å². The summed E-state index contributed by atoms with van der Waals surface area (Å²) in [6.45, 7) is 7.14. The predicted octanol–water partition coefficient (Wildman–Crippen LogP) is 2.30. The van der Waals surface area contributed by atoms with Crippen LogP contribution in [-0.2, 0) is 14.4 Å². The Balaban J connectivity index is 1.67. The van der Waals surface area contributed by atoms with Crippen molar-refractivity contribution in [2.75, 3.05) is 38.2 Å². The molecule has 3 amide bonds. The van der Waals surface area contributed by atoms with Crippen LogP contribution in [0.5, 0.6) is 0 Å². The lowest BCUT2D eigenvalue weighted by Crippen LogP contribution is -2.54. The molecule has 0 bridgehead atoms. The van der Waals surface area contributed by atoms with E-state index >= 15 is 0 Å². The standard InChI is InChI=1S/C27H33N3O4S/c1-17-9-5-10-18(2)21(17)29-14-7-12-27-20(24(33)30(15-8-16-31)22(27)25(29)34)19-23(32)28(4)13-6-11-26(19,3)35-27/h5-7,9-12,19-20,22,31H,8,13-16H2,1-4H3/t19-,20-,22?,26+,27-/m0/s1. The Kier molecular flexibility index (Phi) is 5.87. The normalized spacial score (nSPS) is 34.1. The number of fused-ring (bicyclic) bond motifs is 2. The molecule has 186 valence electrons. The number of rotatable bonds is 4. The molecule has 8 heteroatoms. The molecule has 1 aromatic rings. The van der Waals surface area contributed by atoms with E-state index < -0.39 is 27.4 Å². The van der Waals surface area contributed by atoms with Gasteiger partial charge in [-0.3, -0.25) is 14.4 Å². The van der Waals surface area contributed by atoms with E-state index in [2.05, 4.69) is 6.08 Å².